The molecule has 0 fully saturated rings. The summed E-state index contributed by atoms with van der Waals surface area (Å²) < 4.78 is 5.48. The van der Waals surface area contributed by atoms with Gasteiger partial charge in [-0.05, 0) is 73.3 Å². The van der Waals surface area contributed by atoms with Gasteiger partial charge in [0.25, 0.3) is 0 Å². The minimum Gasteiger partial charge on any atom is -0.491 e. The minimum absolute atomic E-state index is 0.0110. The molecule has 2 aliphatic rings. The largest absolute Gasteiger partial charge is 0.491 e. The number of anilines is 1. The lowest BCUT2D eigenvalue weighted by molar-refractivity contribution is 0.201. The predicted octanol–water partition coefficient (Wildman–Crippen LogP) is 3.23. The van der Waals surface area contributed by atoms with Crippen molar-refractivity contribution in [3.63, 3.8) is 0 Å². The quantitative estimate of drug-likeness (QED) is 0.493. The Hall–Kier alpha value is -2.96. The van der Waals surface area contributed by atoms with E-state index in [2.05, 4.69) is 40.2 Å². The summed E-state index contributed by atoms with van der Waals surface area (Å²) in [5.41, 5.74) is 14.2. The summed E-state index contributed by atoms with van der Waals surface area (Å²) in [5.74, 6) is 0.756. The average molecular weight is 421 g/mol. The summed E-state index contributed by atoms with van der Waals surface area (Å²) in [4.78, 5) is 0. The Bertz CT molecular complexity index is 962. The molecule has 0 saturated carbocycles. The molecule has 0 amide bonds. The smallest absolute Gasteiger partial charge is 0.119 e. The zero-order valence-corrected chi connectivity index (χ0v) is 18.1. The zero-order valence-electron chi connectivity index (χ0n) is 18.1. The Balaban J connectivity index is 1.66. The van der Waals surface area contributed by atoms with E-state index in [1.807, 2.05) is 31.2 Å². The molecule has 164 valence electrons. The summed E-state index contributed by atoms with van der Waals surface area (Å²) in [6.07, 6.45) is 4.28. The van der Waals surface area contributed by atoms with Gasteiger partial charge < -0.3 is 31.5 Å². The number of benzene rings is 2. The molecule has 6 heteroatoms. The Labute approximate surface area is 184 Å². The van der Waals surface area contributed by atoms with E-state index in [0.717, 1.165) is 60.9 Å². The fourth-order valence-electron chi connectivity index (χ4n) is 4.27. The van der Waals surface area contributed by atoms with Crippen LogP contribution < -0.4 is 26.4 Å². The highest BCUT2D eigenvalue weighted by Gasteiger charge is 2.23. The van der Waals surface area contributed by atoms with Crippen LogP contribution in [-0.2, 0) is 0 Å². The number of allylic oxidation sites excluding steroid dienone is 1. The topological polar surface area (TPSA) is 91.6 Å². The van der Waals surface area contributed by atoms with Gasteiger partial charge in [-0.15, -0.1) is 0 Å². The molecular weight excluding hydrogens is 388 g/mol. The number of fused-ring (bicyclic) bond motifs is 1. The third-order valence-electron chi connectivity index (χ3n) is 5.82. The number of hydrogen-bond donors (Lipinski definition) is 5. The van der Waals surface area contributed by atoms with Crippen molar-refractivity contribution >= 4 is 17.0 Å². The first-order valence-electron chi connectivity index (χ1n) is 11.0. The highest BCUT2D eigenvalue weighted by atomic mass is 16.5. The number of aliphatic hydroxyl groups excluding tert-OH is 1. The number of aliphatic hydroxyl groups is 1. The Kier molecular flexibility index (Phi) is 6.79. The first kappa shape index (κ1) is 21.3. The van der Waals surface area contributed by atoms with Crippen molar-refractivity contribution in [2.75, 3.05) is 38.2 Å². The molecular formula is C25H32N4O2. The van der Waals surface area contributed by atoms with E-state index in [1.54, 1.807) is 0 Å². The van der Waals surface area contributed by atoms with Crippen LogP contribution in [0.3, 0.4) is 0 Å². The maximum absolute atomic E-state index is 8.93. The lowest BCUT2D eigenvalue weighted by atomic mass is 9.91. The highest BCUT2D eigenvalue weighted by Crippen LogP contribution is 2.35. The van der Waals surface area contributed by atoms with Crippen LogP contribution >= 0.6 is 0 Å². The molecule has 0 spiro atoms. The zero-order chi connectivity index (χ0) is 21.6. The molecule has 0 saturated heterocycles. The molecule has 0 aromatic heterocycles. The molecule has 2 aromatic rings. The number of ether oxygens (including phenoxy) is 1. The molecule has 1 unspecified atom stereocenters. The van der Waals surface area contributed by atoms with Gasteiger partial charge in [0.1, 0.15) is 12.4 Å². The Morgan fingerprint density at radius 1 is 1.19 bits per heavy atom. The van der Waals surface area contributed by atoms with Crippen molar-refractivity contribution in [1.29, 1.82) is 0 Å². The molecule has 2 aliphatic heterocycles. The van der Waals surface area contributed by atoms with Gasteiger partial charge in [-0.1, -0.05) is 18.2 Å². The van der Waals surface area contributed by atoms with E-state index in [1.165, 1.54) is 16.7 Å². The van der Waals surface area contributed by atoms with E-state index in [0.29, 0.717) is 6.61 Å². The van der Waals surface area contributed by atoms with Crippen molar-refractivity contribution < 1.29 is 9.84 Å². The van der Waals surface area contributed by atoms with E-state index in [9.17, 15) is 0 Å². The van der Waals surface area contributed by atoms with Gasteiger partial charge in [0, 0.05) is 30.0 Å². The SMILES string of the molecule is C/C(N)=C1/NCCC(Nc2ccc(OCCO)cc2)c2cc(C3=CCNCC3)ccc21. The van der Waals surface area contributed by atoms with Crippen LogP contribution in [0.25, 0.3) is 11.3 Å². The maximum Gasteiger partial charge on any atom is 0.119 e. The van der Waals surface area contributed by atoms with Crippen molar-refractivity contribution in [3.05, 3.63) is 70.9 Å². The minimum atomic E-state index is 0.0110. The molecule has 6 N–H and O–H groups in total. The molecule has 2 aromatic carbocycles. The molecule has 0 bridgehead atoms. The van der Waals surface area contributed by atoms with Gasteiger partial charge >= 0.3 is 0 Å². The van der Waals surface area contributed by atoms with Gasteiger partial charge in [0.2, 0.25) is 0 Å². The number of nitrogens with two attached hydrogens (primary N) is 1. The van der Waals surface area contributed by atoms with Gasteiger partial charge in [0.05, 0.1) is 18.3 Å². The summed E-state index contributed by atoms with van der Waals surface area (Å²) >= 11 is 0. The van der Waals surface area contributed by atoms with Gasteiger partial charge in [0.15, 0.2) is 0 Å². The summed E-state index contributed by atoms with van der Waals surface area (Å²) in [7, 11) is 0. The third kappa shape index (κ3) is 5.03. The van der Waals surface area contributed by atoms with E-state index in [4.69, 9.17) is 15.6 Å². The van der Waals surface area contributed by atoms with Gasteiger partial charge in [-0.25, -0.2) is 0 Å². The third-order valence-corrected chi connectivity index (χ3v) is 5.82. The van der Waals surface area contributed by atoms with Crippen LogP contribution in [-0.4, -0.2) is 38.0 Å². The second-order valence-electron chi connectivity index (χ2n) is 8.05. The first-order valence-corrected chi connectivity index (χ1v) is 11.0. The first-order chi connectivity index (χ1) is 15.2. The summed E-state index contributed by atoms with van der Waals surface area (Å²) in [6, 6.07) is 14.8. The lowest BCUT2D eigenvalue weighted by Gasteiger charge is -2.23. The number of hydrogen-bond acceptors (Lipinski definition) is 6. The van der Waals surface area contributed by atoms with Crippen LogP contribution in [0.4, 0.5) is 5.69 Å². The second kappa shape index (κ2) is 9.90. The van der Waals surface area contributed by atoms with Crippen molar-refractivity contribution in [2.45, 2.75) is 25.8 Å². The normalized spacial score (nSPS) is 20.1. The van der Waals surface area contributed by atoms with Crippen LogP contribution in [0.2, 0.25) is 0 Å². The molecule has 4 rings (SSSR count). The molecule has 0 radical (unpaired) electrons. The molecule has 1 atom stereocenters. The fourth-order valence-corrected chi connectivity index (χ4v) is 4.27. The van der Waals surface area contributed by atoms with Crippen LogP contribution in [0.15, 0.2) is 54.2 Å². The predicted molar refractivity (Wildman–Crippen MR) is 127 cm³/mol. The second-order valence-corrected chi connectivity index (χ2v) is 8.05. The molecule has 0 aliphatic carbocycles. The Morgan fingerprint density at radius 2 is 2.03 bits per heavy atom. The molecule has 6 nitrogen and oxygen atoms in total. The van der Waals surface area contributed by atoms with E-state index >= 15 is 0 Å². The highest BCUT2D eigenvalue weighted by molar-refractivity contribution is 5.75. The van der Waals surface area contributed by atoms with E-state index < -0.39 is 0 Å². The van der Waals surface area contributed by atoms with Crippen molar-refractivity contribution in [1.82, 2.24) is 10.6 Å². The Morgan fingerprint density at radius 3 is 2.74 bits per heavy atom. The van der Waals surface area contributed by atoms with Crippen LogP contribution in [0.1, 0.15) is 42.5 Å². The standard InChI is InChI=1S/C25H32N4O2/c1-17(26)25-22-7-2-19(18-8-11-27-12-9-18)16-23(22)24(10-13-28-25)29-20-3-5-21(6-4-20)31-15-14-30/h2-8,16,24,27-30H,9-15,26H2,1H3/b25-17-. The number of rotatable bonds is 6. The van der Waals surface area contributed by atoms with Crippen LogP contribution in [0.5, 0.6) is 5.75 Å². The van der Waals surface area contributed by atoms with Crippen molar-refractivity contribution in [2.24, 2.45) is 5.73 Å². The van der Waals surface area contributed by atoms with Crippen molar-refractivity contribution in [3.8, 4) is 5.75 Å². The van der Waals surface area contributed by atoms with Crippen LogP contribution in [0, 0.1) is 0 Å². The maximum atomic E-state index is 8.93. The monoisotopic (exact) mass is 420 g/mol. The fraction of sp³-hybridized carbons (Fsp3) is 0.360. The molecule has 2 heterocycles. The summed E-state index contributed by atoms with van der Waals surface area (Å²) in [6.45, 7) is 5.05. The molecule has 31 heavy (non-hydrogen) atoms. The van der Waals surface area contributed by atoms with E-state index in [-0.39, 0.29) is 12.6 Å². The average Bonchev–Trinajstić information content (AvgIpc) is 2.98. The number of nitrogens with one attached hydrogen (secondary N) is 3. The van der Waals surface area contributed by atoms with Gasteiger partial charge in [-0.3, -0.25) is 0 Å². The lowest BCUT2D eigenvalue weighted by Crippen LogP contribution is -2.20. The summed E-state index contributed by atoms with van der Waals surface area (Å²) in [5, 5.41) is 19.6. The van der Waals surface area contributed by atoms with Gasteiger partial charge in [-0.2, -0.15) is 0 Å².